The van der Waals surface area contributed by atoms with Crippen LogP contribution in [0.3, 0.4) is 0 Å². The van der Waals surface area contributed by atoms with Gasteiger partial charge in [0.25, 0.3) is 0 Å². The van der Waals surface area contributed by atoms with Crippen molar-refractivity contribution < 1.29 is 4.79 Å². The van der Waals surface area contributed by atoms with E-state index in [1.165, 1.54) is 0 Å². The molecule has 1 fully saturated rings. The van der Waals surface area contributed by atoms with Gasteiger partial charge in [-0.1, -0.05) is 0 Å². The monoisotopic (exact) mass is 340 g/mol. The van der Waals surface area contributed by atoms with Gasteiger partial charge in [-0.05, 0) is 33.6 Å². The van der Waals surface area contributed by atoms with E-state index in [9.17, 15) is 4.79 Å². The molecule has 0 heterocycles. The zero-order valence-electron chi connectivity index (χ0n) is 10.0. The lowest BCUT2D eigenvalue weighted by Crippen LogP contribution is -2.45. The molecule has 1 rings (SSSR count). The maximum Gasteiger partial charge on any atom is 0.242 e. The minimum Gasteiger partial charge on any atom is -0.370 e. The zero-order valence-corrected chi connectivity index (χ0v) is 12.4. The van der Waals surface area contributed by atoms with Gasteiger partial charge < -0.3 is 16.4 Å². The Labute approximate surface area is 114 Å². The van der Waals surface area contributed by atoms with Crippen LogP contribution in [0.25, 0.3) is 0 Å². The molecule has 0 atom stereocenters. The van der Waals surface area contributed by atoms with Gasteiger partial charge >= 0.3 is 0 Å². The van der Waals surface area contributed by atoms with E-state index < -0.39 is 0 Å². The van der Waals surface area contributed by atoms with Crippen LogP contribution >= 0.6 is 24.0 Å². The Morgan fingerprint density at radius 3 is 2.44 bits per heavy atom. The molecular formula is C10H21IN4O. The highest BCUT2D eigenvalue weighted by atomic mass is 127. The van der Waals surface area contributed by atoms with Crippen LogP contribution in [0.4, 0.5) is 0 Å². The largest absolute Gasteiger partial charge is 0.370 e. The average molecular weight is 340 g/mol. The summed E-state index contributed by atoms with van der Waals surface area (Å²) in [6.45, 7) is 6.06. The van der Waals surface area contributed by atoms with Crippen LogP contribution in [0.2, 0.25) is 0 Å². The lowest BCUT2D eigenvalue weighted by atomic mass is 10.1. The van der Waals surface area contributed by atoms with E-state index in [1.807, 2.05) is 20.8 Å². The Balaban J connectivity index is 0.00000225. The Kier molecular flexibility index (Phi) is 6.06. The standard InChI is InChI=1S/C10H20N4O.HI/c1-10(2,3)14-9(11)12-6-8(15)13-7-4-5-7;/h7H,4-6H2,1-3H3,(H,13,15)(H3,11,12,14);1H. The number of nitrogens with two attached hydrogens (primary N) is 1. The van der Waals surface area contributed by atoms with Crippen LogP contribution in [0.15, 0.2) is 4.99 Å². The number of nitrogens with one attached hydrogen (secondary N) is 2. The highest BCUT2D eigenvalue weighted by molar-refractivity contribution is 14.0. The van der Waals surface area contributed by atoms with E-state index in [-0.39, 0.29) is 42.0 Å². The minimum absolute atomic E-state index is 0. The Morgan fingerprint density at radius 1 is 1.44 bits per heavy atom. The van der Waals surface area contributed by atoms with Crippen LogP contribution in [0.5, 0.6) is 0 Å². The average Bonchev–Trinajstić information content (AvgIpc) is 2.81. The van der Waals surface area contributed by atoms with E-state index in [4.69, 9.17) is 5.73 Å². The van der Waals surface area contributed by atoms with Crippen molar-refractivity contribution in [2.24, 2.45) is 10.7 Å². The van der Waals surface area contributed by atoms with Crippen LogP contribution in [0, 0.1) is 0 Å². The van der Waals surface area contributed by atoms with Crippen LogP contribution < -0.4 is 16.4 Å². The summed E-state index contributed by atoms with van der Waals surface area (Å²) in [5, 5.41) is 5.83. The molecule has 0 unspecified atom stereocenters. The molecule has 0 bridgehead atoms. The van der Waals surface area contributed by atoms with Crippen molar-refractivity contribution in [3.63, 3.8) is 0 Å². The van der Waals surface area contributed by atoms with Gasteiger partial charge in [0.2, 0.25) is 5.91 Å². The van der Waals surface area contributed by atoms with E-state index in [1.54, 1.807) is 0 Å². The Morgan fingerprint density at radius 2 is 2.00 bits per heavy atom. The highest BCUT2D eigenvalue weighted by Crippen LogP contribution is 2.18. The molecule has 0 aliphatic heterocycles. The normalized spacial score (nSPS) is 16.3. The van der Waals surface area contributed by atoms with Crippen LogP contribution in [-0.4, -0.2) is 30.0 Å². The number of amides is 1. The van der Waals surface area contributed by atoms with Gasteiger partial charge in [0.15, 0.2) is 5.96 Å². The molecule has 0 aromatic carbocycles. The summed E-state index contributed by atoms with van der Waals surface area (Å²) in [5.41, 5.74) is 5.49. The molecule has 1 saturated carbocycles. The smallest absolute Gasteiger partial charge is 0.242 e. The molecule has 0 radical (unpaired) electrons. The molecule has 0 spiro atoms. The summed E-state index contributed by atoms with van der Waals surface area (Å²) in [7, 11) is 0. The summed E-state index contributed by atoms with van der Waals surface area (Å²) in [6, 6.07) is 0.379. The number of hydrogen-bond donors (Lipinski definition) is 3. The van der Waals surface area contributed by atoms with Gasteiger partial charge in [0, 0.05) is 11.6 Å². The zero-order chi connectivity index (χ0) is 11.5. The number of aliphatic imine (C=N–C) groups is 1. The topological polar surface area (TPSA) is 79.5 Å². The maximum atomic E-state index is 11.3. The second-order valence-corrected chi connectivity index (χ2v) is 4.92. The third-order valence-corrected chi connectivity index (χ3v) is 1.84. The Hall–Kier alpha value is -0.530. The first-order valence-corrected chi connectivity index (χ1v) is 5.24. The molecule has 1 aliphatic rings. The van der Waals surface area contributed by atoms with Crippen molar-refractivity contribution >= 4 is 35.8 Å². The van der Waals surface area contributed by atoms with Crippen molar-refractivity contribution in [3.8, 4) is 0 Å². The molecule has 16 heavy (non-hydrogen) atoms. The van der Waals surface area contributed by atoms with Crippen molar-refractivity contribution in [2.75, 3.05) is 6.54 Å². The van der Waals surface area contributed by atoms with Crippen molar-refractivity contribution in [1.29, 1.82) is 0 Å². The molecule has 0 aromatic heterocycles. The molecular weight excluding hydrogens is 319 g/mol. The molecule has 6 heteroatoms. The van der Waals surface area contributed by atoms with Gasteiger partial charge in [-0.25, -0.2) is 4.99 Å². The molecule has 1 amide bonds. The fourth-order valence-corrected chi connectivity index (χ4v) is 1.08. The van der Waals surface area contributed by atoms with E-state index >= 15 is 0 Å². The second-order valence-electron chi connectivity index (χ2n) is 4.92. The number of halogens is 1. The predicted octanol–water partition coefficient (Wildman–Crippen LogP) is 0.586. The van der Waals surface area contributed by atoms with Gasteiger partial charge in [0.05, 0.1) is 0 Å². The number of carbonyl (C=O) groups excluding carboxylic acids is 1. The summed E-state index contributed by atoms with van der Waals surface area (Å²) < 4.78 is 0. The van der Waals surface area contributed by atoms with Crippen molar-refractivity contribution in [1.82, 2.24) is 10.6 Å². The molecule has 94 valence electrons. The lowest BCUT2D eigenvalue weighted by Gasteiger charge is -2.20. The maximum absolute atomic E-state index is 11.3. The summed E-state index contributed by atoms with van der Waals surface area (Å²) in [4.78, 5) is 15.2. The first kappa shape index (κ1) is 15.5. The van der Waals surface area contributed by atoms with Gasteiger partial charge in [-0.15, -0.1) is 24.0 Å². The van der Waals surface area contributed by atoms with Crippen molar-refractivity contribution in [2.45, 2.75) is 45.2 Å². The first-order valence-electron chi connectivity index (χ1n) is 5.24. The van der Waals surface area contributed by atoms with Crippen molar-refractivity contribution in [3.05, 3.63) is 0 Å². The first-order chi connectivity index (χ1) is 6.87. The fourth-order valence-electron chi connectivity index (χ4n) is 1.08. The molecule has 4 N–H and O–H groups in total. The number of guanidine groups is 1. The molecule has 5 nitrogen and oxygen atoms in total. The number of nitrogens with zero attached hydrogens (tertiary/aromatic N) is 1. The number of hydrogen-bond acceptors (Lipinski definition) is 2. The van der Waals surface area contributed by atoms with Crippen LogP contribution in [0.1, 0.15) is 33.6 Å². The predicted molar refractivity (Wildman–Crippen MR) is 76.0 cm³/mol. The van der Waals surface area contributed by atoms with Crippen LogP contribution in [-0.2, 0) is 4.79 Å². The molecule has 0 saturated heterocycles. The third kappa shape index (κ3) is 7.72. The van der Waals surface area contributed by atoms with Gasteiger partial charge in [0.1, 0.15) is 6.54 Å². The van der Waals surface area contributed by atoms with E-state index in [0.29, 0.717) is 12.0 Å². The second kappa shape index (κ2) is 6.27. The third-order valence-electron chi connectivity index (χ3n) is 1.84. The van der Waals surface area contributed by atoms with E-state index in [0.717, 1.165) is 12.8 Å². The quantitative estimate of drug-likeness (QED) is 0.400. The summed E-state index contributed by atoms with van der Waals surface area (Å²) in [5.74, 6) is 0.254. The summed E-state index contributed by atoms with van der Waals surface area (Å²) >= 11 is 0. The fraction of sp³-hybridized carbons (Fsp3) is 0.800. The minimum atomic E-state index is -0.124. The SMILES string of the molecule is CC(C)(C)NC(N)=NCC(=O)NC1CC1.I. The highest BCUT2D eigenvalue weighted by Gasteiger charge is 2.22. The lowest BCUT2D eigenvalue weighted by molar-refractivity contribution is -0.119. The molecule has 0 aromatic rings. The summed E-state index contributed by atoms with van der Waals surface area (Å²) in [6.07, 6.45) is 2.18. The Bertz CT molecular complexity index is 268. The van der Waals surface area contributed by atoms with E-state index in [2.05, 4.69) is 15.6 Å². The molecule has 1 aliphatic carbocycles. The van der Waals surface area contributed by atoms with Gasteiger partial charge in [-0.3, -0.25) is 4.79 Å². The number of carbonyl (C=O) groups is 1. The number of rotatable bonds is 3. The van der Waals surface area contributed by atoms with Gasteiger partial charge in [-0.2, -0.15) is 0 Å².